The van der Waals surface area contributed by atoms with Crippen molar-refractivity contribution in [1.82, 2.24) is 0 Å². The highest BCUT2D eigenvalue weighted by molar-refractivity contribution is 5.49. The van der Waals surface area contributed by atoms with E-state index in [1.807, 2.05) is 24.3 Å². The maximum Gasteiger partial charge on any atom is 0.123 e. The molecule has 0 bridgehead atoms. The van der Waals surface area contributed by atoms with E-state index in [1.54, 1.807) is 7.11 Å². The first kappa shape index (κ1) is 13.8. The summed E-state index contributed by atoms with van der Waals surface area (Å²) < 4.78 is 16.3. The molecule has 21 heavy (non-hydrogen) atoms. The van der Waals surface area contributed by atoms with Crippen molar-refractivity contribution in [2.45, 2.75) is 13.2 Å². The maximum atomic E-state index is 5.70. The lowest BCUT2D eigenvalue weighted by Gasteiger charge is -2.10. The molecule has 0 saturated heterocycles. The highest BCUT2D eigenvalue weighted by Crippen LogP contribution is 2.23. The van der Waals surface area contributed by atoms with Crippen LogP contribution in [0.15, 0.2) is 42.5 Å². The summed E-state index contributed by atoms with van der Waals surface area (Å²) in [6.07, 6.45) is 0. The second-order valence-electron chi connectivity index (χ2n) is 4.93. The Balaban J connectivity index is 1.47. The lowest BCUT2D eigenvalue weighted by atomic mass is 10.1. The summed E-state index contributed by atoms with van der Waals surface area (Å²) in [6.45, 7) is 2.79. The van der Waals surface area contributed by atoms with Gasteiger partial charge in [-0.15, -0.1) is 0 Å². The standard InChI is InChI=1S/C17H19NO3/c1-19-16-3-2-4-17(10-16)21-8-7-18-15-6-5-13-11-20-12-14(13)9-15/h2-6,9-10,18H,7-8,11-12H2,1H3. The van der Waals surface area contributed by atoms with E-state index >= 15 is 0 Å². The molecular formula is C17H19NO3. The molecule has 0 fully saturated rings. The topological polar surface area (TPSA) is 39.7 Å². The fraction of sp³-hybridized carbons (Fsp3) is 0.294. The third-order valence-electron chi connectivity index (χ3n) is 3.46. The first-order chi connectivity index (χ1) is 10.3. The van der Waals surface area contributed by atoms with Gasteiger partial charge in [0, 0.05) is 18.3 Å². The average molecular weight is 285 g/mol. The number of ether oxygens (including phenoxy) is 3. The van der Waals surface area contributed by atoms with Gasteiger partial charge in [0.2, 0.25) is 0 Å². The highest BCUT2D eigenvalue weighted by Gasteiger charge is 2.10. The van der Waals surface area contributed by atoms with Crippen LogP contribution in [0.5, 0.6) is 11.5 Å². The van der Waals surface area contributed by atoms with Crippen molar-refractivity contribution in [3.05, 3.63) is 53.6 Å². The summed E-state index contributed by atoms with van der Waals surface area (Å²) in [6, 6.07) is 14.0. The number of nitrogens with one attached hydrogen (secondary N) is 1. The zero-order valence-electron chi connectivity index (χ0n) is 12.1. The Hall–Kier alpha value is -2.20. The third kappa shape index (κ3) is 3.47. The summed E-state index contributed by atoms with van der Waals surface area (Å²) in [5.74, 6) is 1.62. The minimum Gasteiger partial charge on any atom is -0.497 e. The van der Waals surface area contributed by atoms with Gasteiger partial charge < -0.3 is 19.5 Å². The first-order valence-electron chi connectivity index (χ1n) is 7.05. The Kier molecular flexibility index (Phi) is 4.26. The van der Waals surface area contributed by atoms with Crippen LogP contribution in [-0.2, 0) is 18.0 Å². The highest BCUT2D eigenvalue weighted by atomic mass is 16.5. The summed E-state index contributed by atoms with van der Waals surface area (Å²) in [7, 11) is 1.65. The van der Waals surface area contributed by atoms with Crippen molar-refractivity contribution < 1.29 is 14.2 Å². The SMILES string of the molecule is COc1cccc(OCCNc2ccc3c(c2)COC3)c1. The third-order valence-corrected chi connectivity index (χ3v) is 3.46. The zero-order chi connectivity index (χ0) is 14.5. The van der Waals surface area contributed by atoms with Crippen LogP contribution >= 0.6 is 0 Å². The molecule has 3 rings (SSSR count). The lowest BCUT2D eigenvalue weighted by molar-refractivity contribution is 0.134. The molecule has 0 aromatic heterocycles. The predicted molar refractivity (Wildman–Crippen MR) is 81.9 cm³/mol. The predicted octanol–water partition coefficient (Wildman–Crippen LogP) is 3.22. The van der Waals surface area contributed by atoms with E-state index in [9.17, 15) is 0 Å². The van der Waals surface area contributed by atoms with E-state index in [-0.39, 0.29) is 0 Å². The largest absolute Gasteiger partial charge is 0.497 e. The molecule has 0 spiro atoms. The van der Waals surface area contributed by atoms with Crippen molar-refractivity contribution in [3.8, 4) is 11.5 Å². The van der Waals surface area contributed by atoms with Crippen molar-refractivity contribution in [1.29, 1.82) is 0 Å². The van der Waals surface area contributed by atoms with Gasteiger partial charge in [0.15, 0.2) is 0 Å². The molecule has 110 valence electrons. The van der Waals surface area contributed by atoms with E-state index in [0.717, 1.165) is 30.3 Å². The Morgan fingerprint density at radius 2 is 1.90 bits per heavy atom. The lowest BCUT2D eigenvalue weighted by Crippen LogP contribution is -2.11. The molecule has 1 heterocycles. The van der Waals surface area contributed by atoms with Gasteiger partial charge in [0.25, 0.3) is 0 Å². The molecular weight excluding hydrogens is 266 g/mol. The molecule has 0 radical (unpaired) electrons. The zero-order valence-corrected chi connectivity index (χ0v) is 12.1. The monoisotopic (exact) mass is 285 g/mol. The minimum atomic E-state index is 0.598. The van der Waals surface area contributed by atoms with E-state index in [0.29, 0.717) is 13.2 Å². The van der Waals surface area contributed by atoms with Crippen LogP contribution < -0.4 is 14.8 Å². The van der Waals surface area contributed by atoms with Crippen LogP contribution in [0.3, 0.4) is 0 Å². The van der Waals surface area contributed by atoms with Crippen LogP contribution in [0.25, 0.3) is 0 Å². The molecule has 0 atom stereocenters. The maximum absolute atomic E-state index is 5.70. The molecule has 4 nitrogen and oxygen atoms in total. The van der Waals surface area contributed by atoms with Crippen LogP contribution in [-0.4, -0.2) is 20.3 Å². The van der Waals surface area contributed by atoms with Gasteiger partial charge in [-0.05, 0) is 35.4 Å². The normalized spacial score (nSPS) is 12.8. The van der Waals surface area contributed by atoms with Gasteiger partial charge in [-0.3, -0.25) is 0 Å². The Labute approximate surface area is 124 Å². The molecule has 0 saturated carbocycles. The molecule has 0 aliphatic carbocycles. The van der Waals surface area contributed by atoms with E-state index in [4.69, 9.17) is 14.2 Å². The quantitative estimate of drug-likeness (QED) is 0.827. The Morgan fingerprint density at radius 3 is 2.81 bits per heavy atom. The molecule has 0 unspecified atom stereocenters. The van der Waals surface area contributed by atoms with E-state index < -0.39 is 0 Å². The smallest absolute Gasteiger partial charge is 0.123 e. The molecule has 4 heteroatoms. The molecule has 1 aliphatic rings. The van der Waals surface area contributed by atoms with Crippen molar-refractivity contribution >= 4 is 5.69 Å². The van der Waals surface area contributed by atoms with Crippen LogP contribution in [0, 0.1) is 0 Å². The number of fused-ring (bicyclic) bond motifs is 1. The summed E-state index contributed by atoms with van der Waals surface area (Å²) in [5.41, 5.74) is 3.66. The second kappa shape index (κ2) is 6.50. The molecule has 1 N–H and O–H groups in total. The molecule has 0 amide bonds. The summed E-state index contributed by atoms with van der Waals surface area (Å²) >= 11 is 0. The molecule has 2 aromatic rings. The van der Waals surface area contributed by atoms with Gasteiger partial charge in [-0.25, -0.2) is 0 Å². The van der Waals surface area contributed by atoms with Gasteiger partial charge >= 0.3 is 0 Å². The van der Waals surface area contributed by atoms with Gasteiger partial charge in [0.1, 0.15) is 18.1 Å². The fourth-order valence-corrected chi connectivity index (χ4v) is 2.34. The van der Waals surface area contributed by atoms with E-state index in [2.05, 4.69) is 23.5 Å². The van der Waals surface area contributed by atoms with Crippen LogP contribution in [0.4, 0.5) is 5.69 Å². The van der Waals surface area contributed by atoms with E-state index in [1.165, 1.54) is 11.1 Å². The minimum absolute atomic E-state index is 0.598. The van der Waals surface area contributed by atoms with Crippen molar-refractivity contribution in [2.75, 3.05) is 25.6 Å². The number of rotatable bonds is 6. The van der Waals surface area contributed by atoms with Gasteiger partial charge in [0.05, 0.1) is 20.3 Å². The Bertz CT molecular complexity index is 613. The number of methoxy groups -OCH3 is 1. The second-order valence-corrected chi connectivity index (χ2v) is 4.93. The summed E-state index contributed by atoms with van der Waals surface area (Å²) in [4.78, 5) is 0. The van der Waals surface area contributed by atoms with Crippen LogP contribution in [0.2, 0.25) is 0 Å². The number of anilines is 1. The number of benzene rings is 2. The molecule has 1 aliphatic heterocycles. The fourth-order valence-electron chi connectivity index (χ4n) is 2.34. The summed E-state index contributed by atoms with van der Waals surface area (Å²) in [5, 5.41) is 3.36. The Morgan fingerprint density at radius 1 is 1.05 bits per heavy atom. The van der Waals surface area contributed by atoms with Crippen molar-refractivity contribution in [2.24, 2.45) is 0 Å². The van der Waals surface area contributed by atoms with Crippen LogP contribution in [0.1, 0.15) is 11.1 Å². The average Bonchev–Trinajstić information content (AvgIpc) is 2.99. The first-order valence-corrected chi connectivity index (χ1v) is 7.05. The number of hydrogen-bond acceptors (Lipinski definition) is 4. The number of hydrogen-bond donors (Lipinski definition) is 1. The molecule has 2 aromatic carbocycles. The van der Waals surface area contributed by atoms with Gasteiger partial charge in [-0.2, -0.15) is 0 Å². The van der Waals surface area contributed by atoms with Crippen molar-refractivity contribution in [3.63, 3.8) is 0 Å². The van der Waals surface area contributed by atoms with Gasteiger partial charge in [-0.1, -0.05) is 12.1 Å².